The molecule has 2 nitrogen and oxygen atoms in total. The van der Waals surface area contributed by atoms with E-state index in [0.717, 1.165) is 18.5 Å². The zero-order chi connectivity index (χ0) is 13.2. The first kappa shape index (κ1) is 14.3. The lowest BCUT2D eigenvalue weighted by Gasteiger charge is -2.42. The number of likely N-dealkylation sites (tertiary alicyclic amines) is 1. The van der Waals surface area contributed by atoms with Gasteiger partial charge in [0.2, 0.25) is 0 Å². The summed E-state index contributed by atoms with van der Waals surface area (Å²) in [4.78, 5) is 2.73. The monoisotopic (exact) mass is 252 g/mol. The molecular formula is C16H32N2. The summed E-state index contributed by atoms with van der Waals surface area (Å²) in [5, 5.41) is 0. The number of hydrogen-bond donors (Lipinski definition) is 1. The van der Waals surface area contributed by atoms with Crippen LogP contribution in [0.5, 0.6) is 0 Å². The van der Waals surface area contributed by atoms with Crippen molar-refractivity contribution in [3.63, 3.8) is 0 Å². The van der Waals surface area contributed by atoms with Gasteiger partial charge in [0.15, 0.2) is 0 Å². The molecule has 2 fully saturated rings. The molecule has 1 aliphatic carbocycles. The molecular weight excluding hydrogens is 220 g/mol. The van der Waals surface area contributed by atoms with E-state index in [1.807, 2.05) is 0 Å². The molecule has 1 atom stereocenters. The Hall–Kier alpha value is -0.0800. The Morgan fingerprint density at radius 3 is 2.33 bits per heavy atom. The van der Waals surface area contributed by atoms with Crippen molar-refractivity contribution in [1.82, 2.24) is 4.90 Å². The summed E-state index contributed by atoms with van der Waals surface area (Å²) in [6.07, 6.45) is 9.68. The van der Waals surface area contributed by atoms with E-state index in [-0.39, 0.29) is 0 Å². The molecule has 1 unspecified atom stereocenters. The summed E-state index contributed by atoms with van der Waals surface area (Å²) in [5.74, 6) is 0.942. The van der Waals surface area contributed by atoms with Gasteiger partial charge in [-0.1, -0.05) is 27.2 Å². The first-order valence-electron chi connectivity index (χ1n) is 8.04. The summed E-state index contributed by atoms with van der Waals surface area (Å²) in [6.45, 7) is 9.42. The molecule has 2 rings (SSSR count). The number of nitrogens with two attached hydrogens (primary N) is 1. The first-order valence-corrected chi connectivity index (χ1v) is 8.04. The van der Waals surface area contributed by atoms with E-state index in [9.17, 15) is 0 Å². The van der Waals surface area contributed by atoms with Gasteiger partial charge in [0.1, 0.15) is 0 Å². The van der Waals surface area contributed by atoms with Crippen LogP contribution in [0.25, 0.3) is 0 Å². The van der Waals surface area contributed by atoms with Crippen LogP contribution in [0.1, 0.15) is 65.7 Å². The van der Waals surface area contributed by atoms with Gasteiger partial charge in [0, 0.05) is 18.6 Å². The minimum absolute atomic E-state index is 0.545. The van der Waals surface area contributed by atoms with E-state index in [2.05, 4.69) is 25.7 Å². The molecule has 0 radical (unpaired) electrons. The van der Waals surface area contributed by atoms with E-state index < -0.39 is 0 Å². The number of nitrogens with zero attached hydrogens (tertiary/aromatic N) is 1. The Morgan fingerprint density at radius 1 is 1.11 bits per heavy atom. The second-order valence-corrected chi connectivity index (χ2v) is 7.12. The van der Waals surface area contributed by atoms with Crippen molar-refractivity contribution in [2.24, 2.45) is 17.1 Å². The van der Waals surface area contributed by atoms with Crippen LogP contribution in [-0.4, -0.2) is 30.1 Å². The van der Waals surface area contributed by atoms with Gasteiger partial charge in [-0.15, -0.1) is 0 Å². The lowest BCUT2D eigenvalue weighted by Crippen LogP contribution is -2.45. The van der Waals surface area contributed by atoms with Crippen molar-refractivity contribution >= 4 is 0 Å². The maximum atomic E-state index is 5.91. The Kier molecular flexibility index (Phi) is 4.71. The van der Waals surface area contributed by atoms with E-state index in [0.29, 0.717) is 11.5 Å². The molecule has 1 heterocycles. The van der Waals surface area contributed by atoms with Crippen LogP contribution in [0.15, 0.2) is 0 Å². The normalized spacial score (nSPS) is 35.0. The highest BCUT2D eigenvalue weighted by Gasteiger charge is 2.36. The molecule has 106 valence electrons. The molecule has 2 N–H and O–H groups in total. The Bertz CT molecular complexity index is 254. The molecule has 0 spiro atoms. The highest BCUT2D eigenvalue weighted by atomic mass is 15.2. The summed E-state index contributed by atoms with van der Waals surface area (Å²) >= 11 is 0. The highest BCUT2D eigenvalue weighted by molar-refractivity contribution is 4.90. The number of hydrogen-bond acceptors (Lipinski definition) is 2. The smallest absolute Gasteiger partial charge is 0.0221 e. The second kappa shape index (κ2) is 5.92. The van der Waals surface area contributed by atoms with Crippen LogP contribution in [0, 0.1) is 11.3 Å². The second-order valence-electron chi connectivity index (χ2n) is 7.12. The van der Waals surface area contributed by atoms with E-state index in [4.69, 9.17) is 5.73 Å². The molecule has 1 saturated heterocycles. The van der Waals surface area contributed by atoms with Crippen molar-refractivity contribution in [3.05, 3.63) is 0 Å². The maximum absolute atomic E-state index is 5.91. The van der Waals surface area contributed by atoms with Crippen LogP contribution in [0.3, 0.4) is 0 Å². The predicted octanol–water partition coefficient (Wildman–Crippen LogP) is 3.40. The van der Waals surface area contributed by atoms with E-state index >= 15 is 0 Å². The van der Waals surface area contributed by atoms with Crippen LogP contribution < -0.4 is 5.73 Å². The van der Waals surface area contributed by atoms with Gasteiger partial charge in [-0.05, 0) is 56.4 Å². The minimum Gasteiger partial charge on any atom is -0.329 e. The van der Waals surface area contributed by atoms with Gasteiger partial charge < -0.3 is 5.73 Å². The van der Waals surface area contributed by atoms with Gasteiger partial charge in [-0.3, -0.25) is 4.90 Å². The minimum atomic E-state index is 0.545. The molecule has 2 aliphatic rings. The molecule has 1 aliphatic heterocycles. The lowest BCUT2D eigenvalue weighted by atomic mass is 9.68. The third-order valence-corrected chi connectivity index (χ3v) is 5.88. The third-order valence-electron chi connectivity index (χ3n) is 5.88. The van der Waals surface area contributed by atoms with Crippen LogP contribution in [0.2, 0.25) is 0 Å². The fraction of sp³-hybridized carbons (Fsp3) is 1.00. The van der Waals surface area contributed by atoms with E-state index in [1.165, 1.54) is 51.5 Å². The van der Waals surface area contributed by atoms with E-state index in [1.54, 1.807) is 0 Å². The maximum Gasteiger partial charge on any atom is 0.0221 e. The summed E-state index contributed by atoms with van der Waals surface area (Å²) < 4.78 is 0. The molecule has 18 heavy (non-hydrogen) atoms. The predicted molar refractivity (Wildman–Crippen MR) is 78.6 cm³/mol. The van der Waals surface area contributed by atoms with Crippen molar-refractivity contribution < 1.29 is 0 Å². The Balaban J connectivity index is 1.87. The average molecular weight is 252 g/mol. The van der Waals surface area contributed by atoms with Gasteiger partial charge >= 0.3 is 0 Å². The zero-order valence-electron chi connectivity index (χ0n) is 12.6. The van der Waals surface area contributed by atoms with Gasteiger partial charge in [0.05, 0.1) is 0 Å². The van der Waals surface area contributed by atoms with Crippen LogP contribution in [0.4, 0.5) is 0 Å². The summed E-state index contributed by atoms with van der Waals surface area (Å²) in [5.41, 5.74) is 6.45. The third kappa shape index (κ3) is 2.91. The summed E-state index contributed by atoms with van der Waals surface area (Å²) in [7, 11) is 0. The highest BCUT2D eigenvalue weighted by Crippen LogP contribution is 2.42. The molecule has 0 aromatic rings. The standard InChI is InChI=1S/C16H32N2/c1-4-16(2,3)13-7-9-14(10-8-13)18-11-5-6-15(18)12-17/h13-15H,4-12,17H2,1-3H3. The Morgan fingerprint density at radius 2 is 1.78 bits per heavy atom. The molecule has 0 amide bonds. The quantitative estimate of drug-likeness (QED) is 0.831. The SMILES string of the molecule is CCC(C)(C)C1CCC(N2CCCC2CN)CC1. The van der Waals surface area contributed by atoms with Crippen molar-refractivity contribution in [3.8, 4) is 0 Å². The topological polar surface area (TPSA) is 29.3 Å². The lowest BCUT2D eigenvalue weighted by molar-refractivity contribution is 0.0801. The average Bonchev–Trinajstić information content (AvgIpc) is 2.87. The molecule has 0 aromatic carbocycles. The van der Waals surface area contributed by atoms with Crippen LogP contribution >= 0.6 is 0 Å². The fourth-order valence-corrected chi connectivity index (χ4v) is 4.07. The van der Waals surface area contributed by atoms with Gasteiger partial charge in [-0.25, -0.2) is 0 Å². The van der Waals surface area contributed by atoms with Gasteiger partial charge in [-0.2, -0.15) is 0 Å². The molecule has 0 aromatic heterocycles. The zero-order valence-corrected chi connectivity index (χ0v) is 12.6. The van der Waals surface area contributed by atoms with Gasteiger partial charge in [0.25, 0.3) is 0 Å². The van der Waals surface area contributed by atoms with Crippen molar-refractivity contribution in [1.29, 1.82) is 0 Å². The fourth-order valence-electron chi connectivity index (χ4n) is 4.07. The summed E-state index contributed by atoms with van der Waals surface area (Å²) in [6, 6.07) is 1.52. The Labute approximate surface area is 113 Å². The largest absolute Gasteiger partial charge is 0.329 e. The molecule has 1 saturated carbocycles. The van der Waals surface area contributed by atoms with Crippen molar-refractivity contribution in [2.45, 2.75) is 77.8 Å². The molecule has 0 bridgehead atoms. The number of rotatable bonds is 4. The van der Waals surface area contributed by atoms with Crippen molar-refractivity contribution in [2.75, 3.05) is 13.1 Å². The first-order chi connectivity index (χ1) is 8.58. The van der Waals surface area contributed by atoms with Crippen LogP contribution in [-0.2, 0) is 0 Å². The molecule has 2 heteroatoms.